The maximum Gasteiger partial charge on any atom is 0.238 e. The molecule has 0 atom stereocenters. The lowest BCUT2D eigenvalue weighted by atomic mass is 10.0. The summed E-state index contributed by atoms with van der Waals surface area (Å²) >= 11 is 0. The van der Waals surface area contributed by atoms with Gasteiger partial charge in [0.25, 0.3) is 0 Å². The van der Waals surface area contributed by atoms with Crippen molar-refractivity contribution in [1.82, 2.24) is 4.68 Å². The smallest absolute Gasteiger partial charge is 0.238 e. The molecular weight excluding hydrogens is 248 g/mol. The second kappa shape index (κ2) is 4.93. The molecule has 3 heteroatoms. The summed E-state index contributed by atoms with van der Waals surface area (Å²) < 4.78 is 4.12. The van der Waals surface area contributed by atoms with Crippen molar-refractivity contribution >= 4 is 16.7 Å². The van der Waals surface area contributed by atoms with Gasteiger partial charge in [0.1, 0.15) is 0 Å². The van der Waals surface area contributed by atoms with Crippen molar-refractivity contribution in [2.24, 2.45) is 14.1 Å². The molecule has 0 fully saturated rings. The van der Waals surface area contributed by atoms with Gasteiger partial charge in [-0.2, -0.15) is 4.68 Å². The Morgan fingerprint density at radius 3 is 2.45 bits per heavy atom. The first-order valence-corrected chi connectivity index (χ1v) is 6.69. The van der Waals surface area contributed by atoms with Gasteiger partial charge < -0.3 is 0 Å². The van der Waals surface area contributed by atoms with E-state index in [1.165, 1.54) is 0 Å². The fraction of sp³-hybridized carbons (Fsp3) is 0.176. The number of fused-ring (bicyclic) bond motifs is 1. The number of hydrogen-bond acceptors (Lipinski definition) is 1. The molecule has 2 aromatic carbocycles. The number of para-hydroxylation sites is 1. The average molecular weight is 265 g/mol. The first-order valence-electron chi connectivity index (χ1n) is 6.69. The lowest BCUT2D eigenvalue weighted by molar-refractivity contribution is -0.728. The highest BCUT2D eigenvalue weighted by Gasteiger charge is 2.20. The first kappa shape index (κ1) is 12.6. The Labute approximate surface area is 118 Å². The van der Waals surface area contributed by atoms with Gasteiger partial charge in [0.15, 0.2) is 12.8 Å². The molecule has 0 aliphatic heterocycles. The molecule has 0 aliphatic rings. The van der Waals surface area contributed by atoms with Crippen molar-refractivity contribution in [3.63, 3.8) is 0 Å². The molecule has 20 heavy (non-hydrogen) atoms. The number of benzene rings is 2. The third-order valence-electron chi connectivity index (χ3n) is 3.83. The van der Waals surface area contributed by atoms with Crippen LogP contribution >= 0.6 is 0 Å². The Balaban J connectivity index is 2.04. The van der Waals surface area contributed by atoms with Crippen LogP contribution < -0.4 is 4.68 Å². The third-order valence-corrected chi connectivity index (χ3v) is 3.83. The minimum absolute atomic E-state index is 0.151. The summed E-state index contributed by atoms with van der Waals surface area (Å²) in [6.07, 6.45) is 0.419. The predicted octanol–water partition coefficient (Wildman–Crippen LogP) is 2.43. The lowest BCUT2D eigenvalue weighted by Gasteiger charge is -2.01. The third kappa shape index (κ3) is 2.01. The molecule has 0 radical (unpaired) electrons. The normalized spacial score (nSPS) is 10.9. The predicted molar refractivity (Wildman–Crippen MR) is 78.6 cm³/mol. The van der Waals surface area contributed by atoms with Crippen LogP contribution in [-0.2, 0) is 20.5 Å². The minimum Gasteiger partial charge on any atom is -0.294 e. The average Bonchev–Trinajstić information content (AvgIpc) is 2.74. The fourth-order valence-electron chi connectivity index (χ4n) is 2.60. The number of ketones is 1. The summed E-state index contributed by atoms with van der Waals surface area (Å²) in [5.74, 6) is 0.151. The maximum atomic E-state index is 12.4. The molecule has 0 amide bonds. The molecule has 3 nitrogen and oxygen atoms in total. The summed E-state index contributed by atoms with van der Waals surface area (Å²) in [5.41, 5.74) is 2.96. The fourth-order valence-corrected chi connectivity index (χ4v) is 2.60. The number of rotatable bonds is 3. The van der Waals surface area contributed by atoms with Crippen molar-refractivity contribution in [3.8, 4) is 0 Å². The van der Waals surface area contributed by atoms with Crippen LogP contribution in [0.1, 0.15) is 16.1 Å². The van der Waals surface area contributed by atoms with Crippen molar-refractivity contribution in [1.29, 1.82) is 0 Å². The Morgan fingerprint density at radius 2 is 1.70 bits per heavy atom. The van der Waals surface area contributed by atoms with E-state index in [-0.39, 0.29) is 5.78 Å². The number of aromatic nitrogens is 2. The highest BCUT2D eigenvalue weighted by atomic mass is 16.1. The number of aryl methyl sites for hydroxylation is 1. The van der Waals surface area contributed by atoms with Gasteiger partial charge in [-0.15, -0.1) is 4.68 Å². The molecule has 0 aliphatic carbocycles. The van der Waals surface area contributed by atoms with Crippen LogP contribution in [-0.4, -0.2) is 10.5 Å². The Kier molecular flexibility index (Phi) is 3.11. The molecular formula is C17H17N2O+. The van der Waals surface area contributed by atoms with E-state index in [0.29, 0.717) is 6.42 Å². The van der Waals surface area contributed by atoms with E-state index in [1.807, 2.05) is 61.2 Å². The quantitative estimate of drug-likeness (QED) is 0.527. The van der Waals surface area contributed by atoms with Crippen LogP contribution in [0, 0.1) is 0 Å². The van der Waals surface area contributed by atoms with Gasteiger partial charge in [-0.1, -0.05) is 42.5 Å². The zero-order valence-corrected chi connectivity index (χ0v) is 11.7. The standard InChI is InChI=1S/C17H17N2O/c1-18-15-11-7-6-10-14(15)16(19(18)2)12-17(20)13-8-4-3-5-9-13/h3-11H,12H2,1-2H3/q+1. The molecule has 0 saturated heterocycles. The second-order valence-electron chi connectivity index (χ2n) is 4.98. The van der Waals surface area contributed by atoms with E-state index in [2.05, 4.69) is 16.8 Å². The topological polar surface area (TPSA) is 25.9 Å². The van der Waals surface area contributed by atoms with Gasteiger partial charge in [-0.05, 0) is 6.07 Å². The molecule has 0 bridgehead atoms. The van der Waals surface area contributed by atoms with Crippen LogP contribution in [0.25, 0.3) is 10.9 Å². The van der Waals surface area contributed by atoms with Gasteiger partial charge in [-0.3, -0.25) is 4.79 Å². The first-order chi connectivity index (χ1) is 9.68. The largest absolute Gasteiger partial charge is 0.294 e. The molecule has 0 spiro atoms. The van der Waals surface area contributed by atoms with Crippen LogP contribution in [0.4, 0.5) is 0 Å². The van der Waals surface area contributed by atoms with Crippen LogP contribution in [0.3, 0.4) is 0 Å². The van der Waals surface area contributed by atoms with E-state index in [4.69, 9.17) is 0 Å². The SMILES string of the molecule is Cn1c(CC(=O)c2ccccc2)c2ccccc2[n+]1C. The lowest BCUT2D eigenvalue weighted by Crippen LogP contribution is -2.38. The summed E-state index contributed by atoms with van der Waals surface area (Å²) in [6, 6.07) is 17.6. The number of Topliss-reactive ketones (excluding diaryl/α,β-unsaturated/α-hetero) is 1. The number of carbonyl (C=O) groups excluding carboxylic acids is 1. The highest BCUT2D eigenvalue weighted by Crippen LogP contribution is 2.17. The van der Waals surface area contributed by atoms with Gasteiger partial charge in [-0.25, -0.2) is 0 Å². The Bertz CT molecular complexity index is 772. The summed E-state index contributed by atoms with van der Waals surface area (Å²) in [4.78, 5) is 12.4. The molecule has 0 unspecified atom stereocenters. The number of carbonyl (C=O) groups is 1. The Morgan fingerprint density at radius 1 is 1.05 bits per heavy atom. The van der Waals surface area contributed by atoms with Crippen LogP contribution in [0.5, 0.6) is 0 Å². The van der Waals surface area contributed by atoms with Gasteiger partial charge in [0.2, 0.25) is 5.52 Å². The van der Waals surface area contributed by atoms with Crippen molar-refractivity contribution in [2.45, 2.75) is 6.42 Å². The second-order valence-corrected chi connectivity index (χ2v) is 4.98. The molecule has 3 aromatic rings. The van der Waals surface area contributed by atoms with Crippen molar-refractivity contribution < 1.29 is 9.48 Å². The van der Waals surface area contributed by atoms with E-state index in [1.54, 1.807) is 0 Å². The van der Waals surface area contributed by atoms with E-state index in [9.17, 15) is 4.79 Å². The van der Waals surface area contributed by atoms with Crippen LogP contribution in [0.15, 0.2) is 54.6 Å². The van der Waals surface area contributed by atoms with E-state index >= 15 is 0 Å². The molecule has 0 N–H and O–H groups in total. The number of nitrogens with zero attached hydrogens (tertiary/aromatic N) is 2. The van der Waals surface area contributed by atoms with Crippen molar-refractivity contribution in [2.75, 3.05) is 0 Å². The summed E-state index contributed by atoms with van der Waals surface area (Å²) in [5, 5.41) is 1.14. The zero-order chi connectivity index (χ0) is 14.1. The van der Waals surface area contributed by atoms with Gasteiger partial charge in [0.05, 0.1) is 24.5 Å². The monoisotopic (exact) mass is 265 g/mol. The molecule has 0 saturated carbocycles. The minimum atomic E-state index is 0.151. The molecule has 1 heterocycles. The summed E-state index contributed by atoms with van der Waals surface area (Å²) in [7, 11) is 4.01. The Hall–Kier alpha value is -2.42. The zero-order valence-electron chi connectivity index (χ0n) is 11.7. The van der Waals surface area contributed by atoms with Gasteiger partial charge in [0, 0.05) is 11.6 Å². The molecule has 3 rings (SSSR count). The van der Waals surface area contributed by atoms with Crippen LogP contribution in [0.2, 0.25) is 0 Å². The highest BCUT2D eigenvalue weighted by molar-refractivity contribution is 5.99. The van der Waals surface area contributed by atoms with E-state index < -0.39 is 0 Å². The van der Waals surface area contributed by atoms with Crippen molar-refractivity contribution in [3.05, 3.63) is 65.9 Å². The molecule has 1 aromatic heterocycles. The maximum absolute atomic E-state index is 12.4. The van der Waals surface area contributed by atoms with Gasteiger partial charge >= 0.3 is 0 Å². The van der Waals surface area contributed by atoms with E-state index in [0.717, 1.165) is 22.2 Å². The number of hydrogen-bond donors (Lipinski definition) is 0. The molecule has 100 valence electrons. The summed E-state index contributed by atoms with van der Waals surface area (Å²) in [6.45, 7) is 0.